The largest absolute Gasteiger partial charge is 0.463 e. The highest BCUT2D eigenvalue weighted by Crippen LogP contribution is 2.31. The number of carbonyl (C=O) groups excluding carboxylic acids is 1. The quantitative estimate of drug-likeness (QED) is 0.291. The third-order valence-electron chi connectivity index (χ3n) is 5.36. The SMILES string of the molecule is CCOC(=O)C1=C(C)N=c2sc(=Cc3ccccc3[N+](=O)[O-])c(=O)n2C1c1ccc([N+](=O)[O-])cc1. The van der Waals surface area contributed by atoms with Gasteiger partial charge in [0.05, 0.1) is 43.9 Å². The highest BCUT2D eigenvalue weighted by molar-refractivity contribution is 7.07. The second kappa shape index (κ2) is 9.43. The van der Waals surface area contributed by atoms with E-state index in [-0.39, 0.29) is 38.5 Å². The Kier molecular flexibility index (Phi) is 6.38. The molecule has 1 unspecified atom stereocenters. The van der Waals surface area contributed by atoms with Gasteiger partial charge in [-0.15, -0.1) is 0 Å². The van der Waals surface area contributed by atoms with Crippen LogP contribution in [0.1, 0.15) is 31.0 Å². The lowest BCUT2D eigenvalue weighted by Gasteiger charge is -2.24. The number of para-hydroxylation sites is 1. The number of rotatable bonds is 6. The van der Waals surface area contributed by atoms with Gasteiger partial charge in [0.1, 0.15) is 0 Å². The van der Waals surface area contributed by atoms with Gasteiger partial charge in [0.2, 0.25) is 0 Å². The van der Waals surface area contributed by atoms with E-state index >= 15 is 0 Å². The van der Waals surface area contributed by atoms with E-state index in [1.165, 1.54) is 53.1 Å². The summed E-state index contributed by atoms with van der Waals surface area (Å²) in [6, 6.07) is 10.6. The van der Waals surface area contributed by atoms with E-state index in [1.807, 2.05) is 0 Å². The fourth-order valence-corrected chi connectivity index (χ4v) is 4.84. The van der Waals surface area contributed by atoms with Gasteiger partial charge < -0.3 is 4.74 Å². The maximum Gasteiger partial charge on any atom is 0.338 e. The zero-order valence-corrected chi connectivity index (χ0v) is 19.4. The monoisotopic (exact) mass is 494 g/mol. The summed E-state index contributed by atoms with van der Waals surface area (Å²) in [5, 5.41) is 22.5. The van der Waals surface area contributed by atoms with Crippen LogP contribution >= 0.6 is 11.3 Å². The minimum atomic E-state index is -0.945. The Morgan fingerprint density at radius 3 is 2.46 bits per heavy atom. The Hall–Kier alpha value is -4.45. The topological polar surface area (TPSA) is 147 Å². The second-order valence-electron chi connectivity index (χ2n) is 7.47. The number of aromatic nitrogens is 1. The number of thiazole rings is 1. The third-order valence-corrected chi connectivity index (χ3v) is 6.34. The van der Waals surface area contributed by atoms with E-state index in [2.05, 4.69) is 4.99 Å². The van der Waals surface area contributed by atoms with Crippen molar-refractivity contribution in [1.29, 1.82) is 0 Å². The minimum absolute atomic E-state index is 0.102. The van der Waals surface area contributed by atoms with E-state index in [1.54, 1.807) is 19.9 Å². The average molecular weight is 494 g/mol. The van der Waals surface area contributed by atoms with Crippen LogP contribution in [0.3, 0.4) is 0 Å². The number of allylic oxidation sites excluding steroid dienone is 1. The molecule has 0 saturated carbocycles. The van der Waals surface area contributed by atoms with Gasteiger partial charge in [0.15, 0.2) is 4.80 Å². The molecule has 0 bridgehead atoms. The molecule has 0 spiro atoms. The summed E-state index contributed by atoms with van der Waals surface area (Å²) in [5.74, 6) is -0.662. The van der Waals surface area contributed by atoms with Crippen LogP contribution in [0.15, 0.2) is 69.6 Å². The molecule has 35 heavy (non-hydrogen) atoms. The summed E-state index contributed by atoms with van der Waals surface area (Å²) in [7, 11) is 0. The van der Waals surface area contributed by atoms with Gasteiger partial charge in [-0.3, -0.25) is 29.6 Å². The maximum atomic E-state index is 13.5. The Labute approximate surface area is 201 Å². The molecule has 1 atom stereocenters. The maximum absolute atomic E-state index is 13.5. The van der Waals surface area contributed by atoms with Crippen LogP contribution in [-0.4, -0.2) is 27.0 Å². The van der Waals surface area contributed by atoms with Crippen molar-refractivity contribution in [2.45, 2.75) is 19.9 Å². The first-order valence-corrected chi connectivity index (χ1v) is 11.2. The summed E-state index contributed by atoms with van der Waals surface area (Å²) in [5.41, 5.74) is 0.354. The van der Waals surface area contributed by atoms with Gasteiger partial charge >= 0.3 is 5.97 Å². The molecule has 0 fully saturated rings. The molecule has 0 aliphatic carbocycles. The minimum Gasteiger partial charge on any atom is -0.463 e. The second-order valence-corrected chi connectivity index (χ2v) is 8.48. The van der Waals surface area contributed by atoms with Crippen molar-refractivity contribution in [2.24, 2.45) is 4.99 Å². The standard InChI is InChI=1S/C23H18N4O7S/c1-3-34-22(29)19-13(2)24-23-25(20(19)14-8-10-16(11-9-14)26(30)31)21(28)18(35-23)12-15-6-4-5-7-17(15)27(32)33/h4-12,20H,3H2,1-2H3. The number of nitro benzene ring substituents is 2. The van der Waals surface area contributed by atoms with Crippen molar-refractivity contribution in [3.8, 4) is 0 Å². The van der Waals surface area contributed by atoms with E-state index < -0.39 is 27.4 Å². The number of hydrogen-bond acceptors (Lipinski definition) is 9. The smallest absolute Gasteiger partial charge is 0.338 e. The van der Waals surface area contributed by atoms with Crippen LogP contribution < -0.4 is 14.9 Å². The van der Waals surface area contributed by atoms with Crippen LogP contribution in [0.2, 0.25) is 0 Å². The van der Waals surface area contributed by atoms with Gasteiger partial charge in [-0.1, -0.05) is 23.5 Å². The lowest BCUT2D eigenvalue weighted by molar-refractivity contribution is -0.385. The Balaban J connectivity index is 1.96. The number of hydrogen-bond donors (Lipinski definition) is 0. The number of esters is 1. The lowest BCUT2D eigenvalue weighted by Crippen LogP contribution is -2.39. The molecule has 0 amide bonds. The predicted octanol–water partition coefficient (Wildman–Crippen LogP) is 2.61. The molecule has 2 aromatic carbocycles. The van der Waals surface area contributed by atoms with Crippen molar-refractivity contribution >= 4 is 34.8 Å². The van der Waals surface area contributed by atoms with Crippen LogP contribution in [0.25, 0.3) is 6.08 Å². The summed E-state index contributed by atoms with van der Waals surface area (Å²) in [6.07, 6.45) is 1.41. The molecule has 1 aliphatic rings. The summed E-state index contributed by atoms with van der Waals surface area (Å²) in [6.45, 7) is 3.37. The normalized spacial score (nSPS) is 15.4. The van der Waals surface area contributed by atoms with E-state index in [9.17, 15) is 29.8 Å². The average Bonchev–Trinajstić information content (AvgIpc) is 3.13. The molecule has 3 aromatic rings. The molecule has 1 aromatic heterocycles. The molecule has 0 radical (unpaired) electrons. The van der Waals surface area contributed by atoms with Gasteiger partial charge in [0, 0.05) is 18.2 Å². The van der Waals surface area contributed by atoms with Crippen molar-refractivity contribution in [3.63, 3.8) is 0 Å². The first-order valence-electron chi connectivity index (χ1n) is 10.4. The first-order chi connectivity index (χ1) is 16.7. The van der Waals surface area contributed by atoms with Gasteiger partial charge in [-0.2, -0.15) is 0 Å². The molecular formula is C23H18N4O7S. The van der Waals surface area contributed by atoms with Gasteiger partial charge in [-0.05, 0) is 43.7 Å². The van der Waals surface area contributed by atoms with Crippen molar-refractivity contribution in [2.75, 3.05) is 6.61 Å². The highest BCUT2D eigenvalue weighted by Gasteiger charge is 2.33. The zero-order chi connectivity index (χ0) is 25.3. The Bertz CT molecular complexity index is 1570. The van der Waals surface area contributed by atoms with Gasteiger partial charge in [-0.25, -0.2) is 9.79 Å². The molecule has 1 aliphatic heterocycles. The van der Waals surface area contributed by atoms with Crippen LogP contribution in [-0.2, 0) is 9.53 Å². The van der Waals surface area contributed by atoms with Crippen molar-refractivity contribution < 1.29 is 19.4 Å². The summed E-state index contributed by atoms with van der Waals surface area (Å²) >= 11 is 1.03. The number of benzene rings is 2. The highest BCUT2D eigenvalue weighted by atomic mass is 32.1. The molecule has 178 valence electrons. The van der Waals surface area contributed by atoms with Crippen LogP contribution in [0.5, 0.6) is 0 Å². The number of non-ortho nitro benzene ring substituents is 1. The molecule has 2 heterocycles. The van der Waals surface area contributed by atoms with E-state index in [0.29, 0.717) is 11.3 Å². The molecule has 11 nitrogen and oxygen atoms in total. The fraction of sp³-hybridized carbons (Fsp3) is 0.174. The zero-order valence-electron chi connectivity index (χ0n) is 18.5. The van der Waals surface area contributed by atoms with Crippen molar-refractivity contribution in [1.82, 2.24) is 4.57 Å². The van der Waals surface area contributed by atoms with Gasteiger partial charge in [0.25, 0.3) is 16.9 Å². The molecular weight excluding hydrogens is 476 g/mol. The Morgan fingerprint density at radius 1 is 1.14 bits per heavy atom. The van der Waals surface area contributed by atoms with Crippen LogP contribution in [0, 0.1) is 20.2 Å². The third kappa shape index (κ3) is 4.38. The molecule has 0 saturated heterocycles. The number of nitrogens with zero attached hydrogens (tertiary/aromatic N) is 4. The molecule has 4 rings (SSSR count). The summed E-state index contributed by atoms with van der Waals surface area (Å²) < 4.78 is 6.70. The lowest BCUT2D eigenvalue weighted by atomic mass is 9.95. The van der Waals surface area contributed by atoms with Crippen LogP contribution in [0.4, 0.5) is 11.4 Å². The number of fused-ring (bicyclic) bond motifs is 1. The van der Waals surface area contributed by atoms with E-state index in [0.717, 1.165) is 11.3 Å². The number of ether oxygens (including phenoxy) is 1. The van der Waals surface area contributed by atoms with E-state index in [4.69, 9.17) is 4.74 Å². The molecule has 0 N–H and O–H groups in total. The Morgan fingerprint density at radius 2 is 1.83 bits per heavy atom. The molecule has 12 heteroatoms. The van der Waals surface area contributed by atoms with Crippen molar-refractivity contribution in [3.05, 3.63) is 111 Å². The summed E-state index contributed by atoms with van der Waals surface area (Å²) in [4.78, 5) is 52.5. The first kappa shape index (κ1) is 23.7. The fourth-order valence-electron chi connectivity index (χ4n) is 3.80. The number of nitro groups is 2. The number of carbonyl (C=O) groups is 1. The predicted molar refractivity (Wildman–Crippen MR) is 127 cm³/mol.